The van der Waals surface area contributed by atoms with Crippen molar-refractivity contribution in [1.82, 2.24) is 0 Å². The first-order chi connectivity index (χ1) is 11.3. The van der Waals surface area contributed by atoms with E-state index in [-0.39, 0.29) is 10.6 Å². The lowest BCUT2D eigenvalue weighted by Gasteiger charge is -2.25. The van der Waals surface area contributed by atoms with Gasteiger partial charge >= 0.3 is 0 Å². The summed E-state index contributed by atoms with van der Waals surface area (Å²) >= 11 is 0. The molecule has 0 spiro atoms. The van der Waals surface area contributed by atoms with Crippen molar-refractivity contribution in [2.24, 2.45) is 0 Å². The second-order valence-electron chi connectivity index (χ2n) is 4.76. The van der Waals surface area contributed by atoms with Gasteiger partial charge in [-0.3, -0.25) is 4.31 Å². The molecule has 0 amide bonds. The van der Waals surface area contributed by atoms with Gasteiger partial charge in [-0.05, 0) is 55.5 Å². The summed E-state index contributed by atoms with van der Waals surface area (Å²) in [6.07, 6.45) is 0. The Kier molecular flexibility index (Phi) is 5.40. The average Bonchev–Trinajstić information content (AvgIpc) is 2.54. The lowest BCUT2D eigenvalue weighted by Crippen LogP contribution is -2.41. The van der Waals surface area contributed by atoms with Gasteiger partial charge in [0.05, 0.1) is 29.7 Å². The van der Waals surface area contributed by atoms with Crippen LogP contribution in [0, 0.1) is 5.82 Å². The minimum absolute atomic E-state index is 0.0227. The van der Waals surface area contributed by atoms with E-state index in [2.05, 4.69) is 0 Å². The molecule has 0 N–H and O–H groups in total. The molecule has 0 saturated carbocycles. The van der Waals surface area contributed by atoms with Crippen LogP contribution in [0.4, 0.5) is 10.1 Å². The molecule has 0 unspecified atom stereocenters. The molecule has 6 nitrogen and oxygen atoms in total. The van der Waals surface area contributed by atoms with Crippen LogP contribution in [0.3, 0.4) is 0 Å². The largest absolute Gasteiger partial charge is 0.548 e. The Morgan fingerprint density at radius 2 is 1.71 bits per heavy atom. The normalized spacial score (nSPS) is 11.1. The zero-order valence-corrected chi connectivity index (χ0v) is 13.6. The van der Waals surface area contributed by atoms with E-state index < -0.39 is 28.4 Å². The number of carbonyl (C=O) groups is 1. The number of hydrogen-bond donors (Lipinski definition) is 0. The number of anilines is 1. The molecule has 0 bridgehead atoms. The van der Waals surface area contributed by atoms with Crippen molar-refractivity contribution in [3.8, 4) is 5.75 Å². The molecule has 8 heteroatoms. The van der Waals surface area contributed by atoms with E-state index in [0.29, 0.717) is 16.7 Å². The Labute approximate surface area is 139 Å². The first-order valence-electron chi connectivity index (χ1n) is 7.05. The van der Waals surface area contributed by atoms with Crippen molar-refractivity contribution in [3.05, 3.63) is 54.3 Å². The van der Waals surface area contributed by atoms with Crippen molar-refractivity contribution < 1.29 is 27.4 Å². The highest BCUT2D eigenvalue weighted by Crippen LogP contribution is 2.25. The third-order valence-electron chi connectivity index (χ3n) is 3.11. The van der Waals surface area contributed by atoms with E-state index >= 15 is 0 Å². The van der Waals surface area contributed by atoms with Crippen LogP contribution in [0.15, 0.2) is 53.4 Å². The van der Waals surface area contributed by atoms with E-state index in [1.54, 1.807) is 6.92 Å². The molecule has 0 aliphatic carbocycles. The third-order valence-corrected chi connectivity index (χ3v) is 4.90. The van der Waals surface area contributed by atoms with Gasteiger partial charge in [0.15, 0.2) is 0 Å². The van der Waals surface area contributed by atoms with E-state index in [1.165, 1.54) is 36.4 Å². The molecule has 0 aliphatic heterocycles. The van der Waals surface area contributed by atoms with Crippen LogP contribution in [0.5, 0.6) is 5.75 Å². The Hall–Kier alpha value is -2.61. The SMILES string of the molecule is CCOc1ccc(S(=O)(=O)N(CC(=O)[O-])c2ccc(F)cc2)cc1. The number of ether oxygens (including phenoxy) is 1. The minimum atomic E-state index is -4.16. The number of hydrogen-bond acceptors (Lipinski definition) is 5. The number of halogens is 1. The number of carbonyl (C=O) groups excluding carboxylic acids is 1. The maximum Gasteiger partial charge on any atom is 0.264 e. The number of sulfonamides is 1. The fourth-order valence-electron chi connectivity index (χ4n) is 2.04. The van der Waals surface area contributed by atoms with Crippen molar-refractivity contribution in [2.45, 2.75) is 11.8 Å². The predicted molar refractivity (Wildman–Crippen MR) is 83.5 cm³/mol. The summed E-state index contributed by atoms with van der Waals surface area (Å²) in [6.45, 7) is 1.33. The lowest BCUT2D eigenvalue weighted by molar-refractivity contribution is -0.303. The van der Waals surface area contributed by atoms with Gasteiger partial charge in [0.1, 0.15) is 11.6 Å². The average molecular weight is 352 g/mol. The van der Waals surface area contributed by atoms with Crippen molar-refractivity contribution in [2.75, 3.05) is 17.5 Å². The van der Waals surface area contributed by atoms with Crippen LogP contribution in [-0.2, 0) is 14.8 Å². The predicted octanol–water partition coefficient (Wildman–Crippen LogP) is 1.17. The highest BCUT2D eigenvalue weighted by Gasteiger charge is 2.25. The van der Waals surface area contributed by atoms with Gasteiger partial charge < -0.3 is 14.6 Å². The molecule has 2 aromatic rings. The summed E-state index contributed by atoms with van der Waals surface area (Å²) in [6, 6.07) is 10.0. The van der Waals surface area contributed by atoms with Gasteiger partial charge in [0.25, 0.3) is 10.0 Å². The highest BCUT2D eigenvalue weighted by atomic mass is 32.2. The van der Waals surface area contributed by atoms with Crippen LogP contribution in [0.2, 0.25) is 0 Å². The monoisotopic (exact) mass is 352 g/mol. The number of aliphatic carboxylic acids is 1. The van der Waals surface area contributed by atoms with Gasteiger partial charge in [-0.2, -0.15) is 0 Å². The summed E-state index contributed by atoms with van der Waals surface area (Å²) < 4.78 is 44.4. The summed E-state index contributed by atoms with van der Waals surface area (Å²) in [7, 11) is -4.16. The van der Waals surface area contributed by atoms with Crippen LogP contribution < -0.4 is 14.1 Å². The van der Waals surface area contributed by atoms with Crippen LogP contribution in [0.25, 0.3) is 0 Å². The molecule has 0 saturated heterocycles. The summed E-state index contributed by atoms with van der Waals surface area (Å²) in [5.74, 6) is -1.65. The molecule has 128 valence electrons. The van der Waals surface area contributed by atoms with E-state index in [0.717, 1.165) is 12.1 Å². The lowest BCUT2D eigenvalue weighted by atomic mass is 10.3. The quantitative estimate of drug-likeness (QED) is 0.746. The van der Waals surface area contributed by atoms with E-state index in [9.17, 15) is 22.7 Å². The first kappa shape index (κ1) is 17.7. The standard InChI is InChI=1S/C16H16FNO5S/c1-2-23-14-7-9-15(10-8-14)24(21,22)18(11-16(19)20)13-5-3-12(17)4-6-13/h3-10H,2,11H2,1H3,(H,19,20)/p-1. The second-order valence-corrected chi connectivity index (χ2v) is 6.63. The maximum absolute atomic E-state index is 13.0. The Morgan fingerprint density at radius 3 is 2.21 bits per heavy atom. The third kappa shape index (κ3) is 4.02. The van der Waals surface area contributed by atoms with Gasteiger partial charge in [0.2, 0.25) is 0 Å². The Bertz CT molecular complexity index is 803. The van der Waals surface area contributed by atoms with E-state index in [4.69, 9.17) is 4.74 Å². The number of nitrogens with zero attached hydrogens (tertiary/aromatic N) is 1. The van der Waals surface area contributed by atoms with Crippen LogP contribution in [-0.4, -0.2) is 27.5 Å². The first-order valence-corrected chi connectivity index (χ1v) is 8.49. The smallest absolute Gasteiger partial charge is 0.264 e. The van der Waals surface area contributed by atoms with Crippen molar-refractivity contribution in [3.63, 3.8) is 0 Å². The Morgan fingerprint density at radius 1 is 1.12 bits per heavy atom. The molecular weight excluding hydrogens is 337 g/mol. The molecule has 0 aliphatic rings. The van der Waals surface area contributed by atoms with Crippen LogP contribution in [0.1, 0.15) is 6.92 Å². The van der Waals surface area contributed by atoms with Crippen molar-refractivity contribution in [1.29, 1.82) is 0 Å². The number of carboxylic acid groups (broad SMARTS) is 1. The summed E-state index contributed by atoms with van der Waals surface area (Å²) in [5, 5.41) is 11.0. The summed E-state index contributed by atoms with van der Waals surface area (Å²) in [5.41, 5.74) is 0.0227. The minimum Gasteiger partial charge on any atom is -0.548 e. The molecule has 24 heavy (non-hydrogen) atoms. The number of benzene rings is 2. The van der Waals surface area contributed by atoms with Gasteiger partial charge in [0, 0.05) is 0 Å². The number of carboxylic acids is 1. The summed E-state index contributed by atoms with van der Waals surface area (Å²) in [4.78, 5) is 10.8. The molecule has 0 aromatic heterocycles. The van der Waals surface area contributed by atoms with Crippen molar-refractivity contribution >= 4 is 21.7 Å². The second kappa shape index (κ2) is 7.31. The van der Waals surface area contributed by atoms with E-state index in [1.807, 2.05) is 0 Å². The van der Waals surface area contributed by atoms with Gasteiger partial charge in [-0.15, -0.1) is 0 Å². The highest BCUT2D eigenvalue weighted by molar-refractivity contribution is 7.92. The topological polar surface area (TPSA) is 86.7 Å². The molecule has 0 atom stereocenters. The zero-order chi connectivity index (χ0) is 17.7. The number of rotatable bonds is 7. The molecule has 2 aromatic carbocycles. The molecule has 2 rings (SSSR count). The maximum atomic E-state index is 13.0. The molecule has 0 fully saturated rings. The fourth-order valence-corrected chi connectivity index (χ4v) is 3.45. The molecule has 0 radical (unpaired) electrons. The Balaban J connectivity index is 2.43. The van der Waals surface area contributed by atoms with Gasteiger partial charge in [-0.1, -0.05) is 0 Å². The molecule has 0 heterocycles. The zero-order valence-electron chi connectivity index (χ0n) is 12.8. The van der Waals surface area contributed by atoms with Gasteiger partial charge in [-0.25, -0.2) is 12.8 Å². The fraction of sp³-hybridized carbons (Fsp3) is 0.188. The molecular formula is C16H15FNO5S-. The van der Waals surface area contributed by atoms with Crippen LogP contribution >= 0.6 is 0 Å².